The van der Waals surface area contributed by atoms with Gasteiger partial charge >= 0.3 is 0 Å². The van der Waals surface area contributed by atoms with Gasteiger partial charge in [0.05, 0.1) is 0 Å². The van der Waals surface area contributed by atoms with E-state index in [9.17, 15) is 0 Å². The summed E-state index contributed by atoms with van der Waals surface area (Å²) in [6, 6.07) is 9.29. The zero-order valence-electron chi connectivity index (χ0n) is 13.0. The molecule has 1 atom stereocenters. The lowest BCUT2D eigenvalue weighted by atomic mass is 9.97. The van der Waals surface area contributed by atoms with Crippen molar-refractivity contribution in [1.82, 2.24) is 15.1 Å². The third-order valence-electron chi connectivity index (χ3n) is 4.00. The molecule has 20 heavy (non-hydrogen) atoms. The van der Waals surface area contributed by atoms with Crippen LogP contribution < -0.4 is 5.32 Å². The summed E-state index contributed by atoms with van der Waals surface area (Å²) < 4.78 is 1.96. The van der Waals surface area contributed by atoms with Gasteiger partial charge in [0.2, 0.25) is 0 Å². The minimum atomic E-state index is 0.411. The van der Waals surface area contributed by atoms with E-state index in [0.717, 1.165) is 19.4 Å². The van der Waals surface area contributed by atoms with Crippen LogP contribution in [0.2, 0.25) is 0 Å². The van der Waals surface area contributed by atoms with E-state index in [1.807, 2.05) is 17.9 Å². The van der Waals surface area contributed by atoms with Crippen molar-refractivity contribution in [2.45, 2.75) is 39.7 Å². The Labute approximate surface area is 122 Å². The summed E-state index contributed by atoms with van der Waals surface area (Å²) in [6.07, 6.45) is 4.00. The fourth-order valence-corrected chi connectivity index (χ4v) is 2.55. The summed E-state index contributed by atoms with van der Waals surface area (Å²) in [5, 5.41) is 7.83. The first-order valence-corrected chi connectivity index (χ1v) is 7.39. The van der Waals surface area contributed by atoms with Gasteiger partial charge in [-0.25, -0.2) is 0 Å². The molecule has 0 saturated heterocycles. The predicted molar refractivity (Wildman–Crippen MR) is 83.9 cm³/mol. The number of benzene rings is 1. The van der Waals surface area contributed by atoms with E-state index in [1.165, 1.54) is 22.4 Å². The second-order valence-electron chi connectivity index (χ2n) is 5.44. The first-order chi connectivity index (χ1) is 9.61. The number of hydrogen-bond donors (Lipinski definition) is 1. The van der Waals surface area contributed by atoms with Crippen LogP contribution in [0.15, 0.2) is 30.5 Å². The molecule has 1 aromatic carbocycles. The molecule has 0 amide bonds. The van der Waals surface area contributed by atoms with Gasteiger partial charge in [-0.2, -0.15) is 5.10 Å². The highest BCUT2D eigenvalue weighted by atomic mass is 15.2. The van der Waals surface area contributed by atoms with Crippen LogP contribution in [0.25, 0.3) is 0 Å². The van der Waals surface area contributed by atoms with E-state index in [0.29, 0.717) is 6.04 Å². The summed E-state index contributed by atoms with van der Waals surface area (Å²) in [6.45, 7) is 7.50. The molecule has 0 saturated carbocycles. The van der Waals surface area contributed by atoms with Crippen molar-refractivity contribution in [3.8, 4) is 0 Å². The minimum Gasteiger partial charge on any atom is -0.310 e. The van der Waals surface area contributed by atoms with Gasteiger partial charge in [0.1, 0.15) is 0 Å². The summed E-state index contributed by atoms with van der Waals surface area (Å²) in [4.78, 5) is 0. The van der Waals surface area contributed by atoms with Crippen molar-refractivity contribution < 1.29 is 0 Å². The average molecular weight is 271 g/mol. The second-order valence-corrected chi connectivity index (χ2v) is 5.44. The summed E-state index contributed by atoms with van der Waals surface area (Å²) >= 11 is 0. The fraction of sp³-hybridized carbons (Fsp3) is 0.471. The Balaban J connectivity index is 2.10. The zero-order valence-corrected chi connectivity index (χ0v) is 13.0. The maximum Gasteiger partial charge on any atom is 0.0492 e. The van der Waals surface area contributed by atoms with Crippen LogP contribution in [-0.2, 0) is 13.5 Å². The number of aryl methyl sites for hydroxylation is 4. The molecule has 1 aromatic heterocycles. The number of hydrogen-bond acceptors (Lipinski definition) is 2. The van der Waals surface area contributed by atoms with Crippen LogP contribution in [-0.4, -0.2) is 16.3 Å². The molecule has 2 aromatic rings. The fourth-order valence-electron chi connectivity index (χ4n) is 2.55. The molecule has 0 aliphatic rings. The molecule has 0 aliphatic heterocycles. The predicted octanol–water partition coefficient (Wildman–Crippen LogP) is 3.32. The molecule has 0 spiro atoms. The normalized spacial score (nSPS) is 12.6. The quantitative estimate of drug-likeness (QED) is 0.873. The van der Waals surface area contributed by atoms with Crippen LogP contribution in [0.4, 0.5) is 0 Å². The van der Waals surface area contributed by atoms with Crippen LogP contribution >= 0.6 is 0 Å². The zero-order chi connectivity index (χ0) is 14.5. The van der Waals surface area contributed by atoms with Gasteiger partial charge in [0.15, 0.2) is 0 Å². The lowest BCUT2D eigenvalue weighted by molar-refractivity contribution is 0.506. The van der Waals surface area contributed by atoms with Crippen LogP contribution in [0.1, 0.15) is 41.8 Å². The van der Waals surface area contributed by atoms with Crippen molar-refractivity contribution in [1.29, 1.82) is 0 Å². The first-order valence-electron chi connectivity index (χ1n) is 7.39. The van der Waals surface area contributed by atoms with Crippen LogP contribution in [0.5, 0.6) is 0 Å². The topological polar surface area (TPSA) is 29.9 Å². The number of nitrogens with one attached hydrogen (secondary N) is 1. The highest BCUT2D eigenvalue weighted by Crippen LogP contribution is 2.21. The van der Waals surface area contributed by atoms with Crippen molar-refractivity contribution >= 4 is 0 Å². The second kappa shape index (κ2) is 6.71. The molecule has 1 heterocycles. The van der Waals surface area contributed by atoms with Crippen LogP contribution in [0, 0.1) is 13.8 Å². The summed E-state index contributed by atoms with van der Waals surface area (Å²) in [5.41, 5.74) is 5.40. The monoisotopic (exact) mass is 271 g/mol. The average Bonchev–Trinajstić information content (AvgIpc) is 2.83. The van der Waals surface area contributed by atoms with E-state index < -0.39 is 0 Å². The molecule has 0 fully saturated rings. The van der Waals surface area contributed by atoms with E-state index in [-0.39, 0.29) is 0 Å². The molecule has 0 bridgehead atoms. The van der Waals surface area contributed by atoms with Crippen molar-refractivity contribution in [2.24, 2.45) is 7.05 Å². The highest BCUT2D eigenvalue weighted by Gasteiger charge is 2.12. The third-order valence-corrected chi connectivity index (χ3v) is 4.00. The molecule has 3 heteroatoms. The Morgan fingerprint density at radius 1 is 1.20 bits per heavy atom. The Hall–Kier alpha value is -1.61. The van der Waals surface area contributed by atoms with Crippen molar-refractivity contribution in [3.05, 3.63) is 52.8 Å². The molecular formula is C17H25N3. The summed E-state index contributed by atoms with van der Waals surface area (Å²) in [5.74, 6) is 0. The van der Waals surface area contributed by atoms with Crippen molar-refractivity contribution in [2.75, 3.05) is 6.54 Å². The Morgan fingerprint density at radius 2 is 2.00 bits per heavy atom. The van der Waals surface area contributed by atoms with Gasteiger partial charge < -0.3 is 5.32 Å². The number of aromatic nitrogens is 2. The molecule has 2 rings (SSSR count). The third kappa shape index (κ3) is 3.48. The maximum atomic E-state index is 4.24. The Morgan fingerprint density at radius 3 is 2.60 bits per heavy atom. The highest BCUT2D eigenvalue weighted by molar-refractivity contribution is 5.31. The Kier molecular flexibility index (Phi) is 4.96. The Bertz CT molecular complexity index is 557. The van der Waals surface area contributed by atoms with E-state index in [4.69, 9.17) is 0 Å². The standard InChI is InChI=1S/C17H25N3/c1-5-18-17(9-8-16-10-11-19-20(16)4)15-7-6-13(2)14(3)12-15/h6-7,10-12,17-18H,5,8-9H2,1-4H3. The largest absolute Gasteiger partial charge is 0.310 e. The van der Waals surface area contributed by atoms with Gasteiger partial charge in [-0.1, -0.05) is 25.1 Å². The van der Waals surface area contributed by atoms with E-state index in [2.05, 4.69) is 55.5 Å². The summed E-state index contributed by atoms with van der Waals surface area (Å²) in [7, 11) is 2.01. The van der Waals surface area contributed by atoms with Crippen molar-refractivity contribution in [3.63, 3.8) is 0 Å². The van der Waals surface area contributed by atoms with E-state index >= 15 is 0 Å². The maximum absolute atomic E-state index is 4.24. The lowest BCUT2D eigenvalue weighted by Gasteiger charge is -2.19. The van der Waals surface area contributed by atoms with Gasteiger partial charge in [-0.15, -0.1) is 0 Å². The van der Waals surface area contributed by atoms with E-state index in [1.54, 1.807) is 0 Å². The lowest BCUT2D eigenvalue weighted by Crippen LogP contribution is -2.22. The van der Waals surface area contributed by atoms with Gasteiger partial charge in [-0.05, 0) is 56.0 Å². The van der Waals surface area contributed by atoms with Gasteiger partial charge in [-0.3, -0.25) is 4.68 Å². The molecule has 1 unspecified atom stereocenters. The number of nitrogens with zero attached hydrogens (tertiary/aromatic N) is 2. The molecule has 1 N–H and O–H groups in total. The molecule has 0 aliphatic carbocycles. The first kappa shape index (κ1) is 14.8. The minimum absolute atomic E-state index is 0.411. The SMILES string of the molecule is CCNC(CCc1ccnn1C)c1ccc(C)c(C)c1. The molecule has 108 valence electrons. The smallest absolute Gasteiger partial charge is 0.0492 e. The van der Waals surface area contributed by atoms with Gasteiger partial charge in [0.25, 0.3) is 0 Å². The molecule has 0 radical (unpaired) electrons. The van der Waals surface area contributed by atoms with Gasteiger partial charge in [0, 0.05) is 25.0 Å². The number of rotatable bonds is 6. The molecular weight excluding hydrogens is 246 g/mol. The molecule has 3 nitrogen and oxygen atoms in total. The van der Waals surface area contributed by atoms with Crippen LogP contribution in [0.3, 0.4) is 0 Å².